The summed E-state index contributed by atoms with van der Waals surface area (Å²) in [6, 6.07) is 0. The summed E-state index contributed by atoms with van der Waals surface area (Å²) in [4.78, 5) is 11.5. The Balaban J connectivity index is 4.31. The lowest BCUT2D eigenvalue weighted by atomic mass is 10.0. The number of ether oxygens (including phenoxy) is 1. The summed E-state index contributed by atoms with van der Waals surface area (Å²) >= 11 is 0. The lowest BCUT2D eigenvalue weighted by molar-refractivity contribution is -0.143. The molecule has 0 rings (SSSR count). The molecule has 0 bridgehead atoms. The predicted molar refractivity (Wildman–Crippen MR) is 344 cm³/mol. The highest BCUT2D eigenvalue weighted by Crippen LogP contribution is 2.20. The van der Waals surface area contributed by atoms with E-state index >= 15 is 0 Å². The Hall–Kier alpha value is -4.17. The van der Waals surface area contributed by atoms with Crippen LogP contribution in [0, 0.1) is 0 Å². The minimum atomic E-state index is -0.102. The fraction of sp³-hybridized carbons (Fsp3) is 0.608. The lowest BCUT2D eigenvalue weighted by Gasteiger charge is -2.04. The largest absolute Gasteiger partial charge is 0.466 e. The Morgan fingerprint density at radius 2 is 0.355 bits per heavy atom. The van der Waals surface area contributed by atoms with Crippen molar-refractivity contribution < 1.29 is 9.53 Å². The van der Waals surface area contributed by atoms with Gasteiger partial charge in [0, 0.05) is 6.42 Å². The lowest BCUT2D eigenvalue weighted by Crippen LogP contribution is -2.02. The van der Waals surface area contributed by atoms with Gasteiger partial charge in [-0.3, -0.25) is 4.79 Å². The number of carbonyl (C=O) groups excluding carboxylic acids is 1. The molecule has 0 aromatic carbocycles. The Morgan fingerprint density at radius 1 is 0.224 bits per heavy atom. The first-order valence-corrected chi connectivity index (χ1v) is 30.6. The van der Waals surface area contributed by atoms with Crippen molar-refractivity contribution in [1.82, 2.24) is 0 Å². The SMILES string of the molecule is CCOC(=O)CC/C=C(/C)CC/C=C(/C)CC/C=C(/C)CC/C=C(/C)CC/C=C(/C)CC/C=C(/C)CC/C=C(/C)CC/C=C(/C)CC/C=C(/C)CC/C=C(/C)CC/C=C(/C)CC/C=C(\C)CC/C=C(\C)CCC=C(C)C. The molecule has 0 aliphatic rings. The summed E-state index contributed by atoms with van der Waals surface area (Å²) in [7, 11) is 0. The third kappa shape index (κ3) is 48.2. The Bertz CT molecular complexity index is 2060. The van der Waals surface area contributed by atoms with E-state index in [1.165, 1.54) is 136 Å². The molecule has 0 radical (unpaired) electrons. The van der Waals surface area contributed by atoms with E-state index in [-0.39, 0.29) is 5.97 Å². The molecule has 0 fully saturated rings. The molecule has 0 aliphatic carbocycles. The van der Waals surface area contributed by atoms with Gasteiger partial charge in [0.25, 0.3) is 0 Å². The number of carbonyl (C=O) groups is 1. The molecule has 0 saturated heterocycles. The Kier molecular flexibility index (Phi) is 45.4. The van der Waals surface area contributed by atoms with Crippen LogP contribution in [0.1, 0.15) is 291 Å². The molecule has 0 amide bonds. The van der Waals surface area contributed by atoms with Crippen molar-refractivity contribution >= 4 is 5.97 Å². The highest BCUT2D eigenvalue weighted by molar-refractivity contribution is 5.69. The summed E-state index contributed by atoms with van der Waals surface area (Å²) in [6.45, 7) is 36.4. The maximum absolute atomic E-state index is 11.5. The van der Waals surface area contributed by atoms with Crippen molar-refractivity contribution in [3.63, 3.8) is 0 Å². The molecule has 0 saturated carbocycles. The third-order valence-corrected chi connectivity index (χ3v) is 14.6. The summed E-state index contributed by atoms with van der Waals surface area (Å²) < 4.78 is 5.01. The van der Waals surface area contributed by atoms with E-state index in [1.807, 2.05) is 6.92 Å². The molecule has 76 heavy (non-hydrogen) atoms. The van der Waals surface area contributed by atoms with Gasteiger partial charge in [0.2, 0.25) is 0 Å². The molecule has 0 N–H and O–H groups in total. The molecule has 0 aliphatic heterocycles. The van der Waals surface area contributed by atoms with Crippen molar-refractivity contribution in [2.45, 2.75) is 291 Å². The second-order valence-corrected chi connectivity index (χ2v) is 23.3. The summed E-state index contributed by atoms with van der Waals surface area (Å²) in [6.07, 6.45) is 65.1. The average Bonchev–Trinajstić information content (AvgIpc) is 3.34. The maximum atomic E-state index is 11.5. The number of allylic oxidation sites excluding steroid dienone is 28. The van der Waals surface area contributed by atoms with Crippen LogP contribution in [0.15, 0.2) is 163 Å². The van der Waals surface area contributed by atoms with Crippen LogP contribution in [0.25, 0.3) is 0 Å². The van der Waals surface area contributed by atoms with Gasteiger partial charge in [-0.05, 0) is 284 Å². The monoisotopic (exact) mass is 1040 g/mol. The van der Waals surface area contributed by atoms with Crippen LogP contribution >= 0.6 is 0 Å². The molecule has 0 aromatic heterocycles. The Labute approximate surface area is 473 Å². The first kappa shape index (κ1) is 71.8. The normalized spacial score (nSPS) is 14.8. The van der Waals surface area contributed by atoms with Gasteiger partial charge in [0.05, 0.1) is 6.61 Å². The first-order valence-electron chi connectivity index (χ1n) is 30.6. The van der Waals surface area contributed by atoms with Gasteiger partial charge in [0.1, 0.15) is 0 Å². The van der Waals surface area contributed by atoms with E-state index < -0.39 is 0 Å². The number of hydrogen-bond donors (Lipinski definition) is 0. The van der Waals surface area contributed by atoms with Gasteiger partial charge in [-0.1, -0.05) is 163 Å². The zero-order valence-corrected chi connectivity index (χ0v) is 52.9. The second kappa shape index (κ2) is 48.0. The van der Waals surface area contributed by atoms with Crippen LogP contribution in [-0.2, 0) is 9.53 Å². The van der Waals surface area contributed by atoms with Gasteiger partial charge < -0.3 is 4.74 Å². The van der Waals surface area contributed by atoms with E-state index in [0.717, 1.165) is 116 Å². The quantitative estimate of drug-likeness (QED) is 0.0449. The topological polar surface area (TPSA) is 26.3 Å². The molecule has 0 spiro atoms. The minimum Gasteiger partial charge on any atom is -0.466 e. The zero-order chi connectivity index (χ0) is 56.8. The van der Waals surface area contributed by atoms with E-state index in [1.54, 1.807) is 0 Å². The molecule has 0 unspecified atom stereocenters. The van der Waals surface area contributed by atoms with Crippen LogP contribution in [0.5, 0.6) is 0 Å². The fourth-order valence-electron chi connectivity index (χ4n) is 9.14. The second-order valence-electron chi connectivity index (χ2n) is 23.3. The highest BCUT2D eigenvalue weighted by Gasteiger charge is 2.02. The van der Waals surface area contributed by atoms with E-state index in [2.05, 4.69) is 189 Å². The van der Waals surface area contributed by atoms with Gasteiger partial charge in [-0.25, -0.2) is 0 Å². The van der Waals surface area contributed by atoms with Gasteiger partial charge in [-0.15, -0.1) is 0 Å². The molecule has 2 nitrogen and oxygen atoms in total. The van der Waals surface area contributed by atoms with E-state index in [4.69, 9.17) is 4.74 Å². The van der Waals surface area contributed by atoms with Crippen molar-refractivity contribution in [3.05, 3.63) is 163 Å². The third-order valence-electron chi connectivity index (χ3n) is 14.6. The molecular formula is C74H120O2. The molecule has 428 valence electrons. The van der Waals surface area contributed by atoms with Crippen LogP contribution in [-0.4, -0.2) is 12.6 Å². The summed E-state index contributed by atoms with van der Waals surface area (Å²) in [5.74, 6) is -0.102. The Morgan fingerprint density at radius 3 is 0.487 bits per heavy atom. The minimum absolute atomic E-state index is 0.102. The first-order chi connectivity index (χ1) is 36.3. The van der Waals surface area contributed by atoms with Crippen molar-refractivity contribution in [2.24, 2.45) is 0 Å². The molecular weight excluding hydrogens is 921 g/mol. The fourth-order valence-corrected chi connectivity index (χ4v) is 9.14. The van der Waals surface area contributed by atoms with Crippen LogP contribution in [0.2, 0.25) is 0 Å². The predicted octanol–water partition coefficient (Wildman–Crippen LogP) is 24.7. The summed E-state index contributed by atoms with van der Waals surface area (Å²) in [5, 5.41) is 0. The number of rotatable bonds is 43. The maximum Gasteiger partial charge on any atom is 0.306 e. The molecule has 0 heterocycles. The van der Waals surface area contributed by atoms with Gasteiger partial charge >= 0.3 is 5.97 Å². The van der Waals surface area contributed by atoms with Crippen LogP contribution in [0.3, 0.4) is 0 Å². The van der Waals surface area contributed by atoms with Crippen molar-refractivity contribution in [2.75, 3.05) is 6.61 Å². The smallest absolute Gasteiger partial charge is 0.306 e. The van der Waals surface area contributed by atoms with Crippen LogP contribution < -0.4 is 0 Å². The zero-order valence-electron chi connectivity index (χ0n) is 52.9. The number of esters is 1. The van der Waals surface area contributed by atoms with Crippen molar-refractivity contribution in [1.29, 1.82) is 0 Å². The van der Waals surface area contributed by atoms with Gasteiger partial charge in [-0.2, -0.15) is 0 Å². The standard InChI is InChI=1S/C74H120O2/c1-17-76-74(75)59-31-58-73(16)57-30-56-72(15)55-29-54-71(14)53-28-52-70(13)51-27-50-69(12)49-26-48-68(11)47-25-46-67(10)45-24-44-66(9)43-23-42-65(8)41-22-40-64(7)39-21-38-63(6)37-20-36-62(5)35-19-34-61(4)33-18-32-60(2)3/h32,34,36,38,40,42,44,46,48,50,52,54,56,58H,17-31,33,35,37,39,41,43,45,47,49,51,53,55,57,59H2,1-16H3/b61-34+,62-36+,63-38-,64-40-,65-42-,66-44-,67-46-,68-48-,69-50-,70-52-,71-54-,72-56-,73-58-. The van der Waals surface area contributed by atoms with E-state index in [0.29, 0.717) is 13.0 Å². The molecule has 0 atom stereocenters. The molecule has 2 heteroatoms. The average molecular weight is 1040 g/mol. The summed E-state index contributed by atoms with van der Waals surface area (Å²) in [5.41, 5.74) is 21.0. The molecule has 0 aromatic rings. The van der Waals surface area contributed by atoms with Crippen LogP contribution in [0.4, 0.5) is 0 Å². The number of hydrogen-bond acceptors (Lipinski definition) is 2. The highest BCUT2D eigenvalue weighted by atomic mass is 16.5. The van der Waals surface area contributed by atoms with Gasteiger partial charge in [0.15, 0.2) is 0 Å². The van der Waals surface area contributed by atoms with E-state index in [9.17, 15) is 4.79 Å². The van der Waals surface area contributed by atoms with Crippen molar-refractivity contribution in [3.8, 4) is 0 Å².